The minimum atomic E-state index is -0.961. The number of hydrogen-bond donors (Lipinski definition) is 0. The van der Waals surface area contributed by atoms with E-state index in [9.17, 15) is 4.39 Å². The van der Waals surface area contributed by atoms with E-state index in [1.165, 1.54) is 0 Å². The molecule has 3 heteroatoms. The van der Waals surface area contributed by atoms with Gasteiger partial charge < -0.3 is 0 Å². The van der Waals surface area contributed by atoms with Gasteiger partial charge in [0.1, 0.15) is 14.0 Å². The molecule has 0 saturated heterocycles. The molecule has 0 aliphatic heterocycles. The van der Waals surface area contributed by atoms with Crippen molar-refractivity contribution < 1.29 is 4.39 Å². The number of rotatable bonds is 4. The maximum absolute atomic E-state index is 13.3. The Bertz CT molecular complexity index is 132. The van der Waals surface area contributed by atoms with Crippen LogP contribution in [0.5, 0.6) is 0 Å². The van der Waals surface area contributed by atoms with Gasteiger partial charge in [0.05, 0.1) is 0 Å². The summed E-state index contributed by atoms with van der Waals surface area (Å²) in [7, 11) is 1.99. The zero-order valence-corrected chi connectivity index (χ0v) is 8.16. The van der Waals surface area contributed by atoms with Crippen molar-refractivity contribution in [3.63, 3.8) is 0 Å². The number of allylic oxidation sites excluding steroid dienone is 2. The standard InChI is InChI=1S/C8H15BClF/c1-3-6(5-9)8(11)7(10)4-2/h4,6,8H,3,5,9H2,1-2H3/b7-4+. The van der Waals surface area contributed by atoms with E-state index < -0.39 is 6.17 Å². The van der Waals surface area contributed by atoms with E-state index in [0.717, 1.165) is 12.7 Å². The first kappa shape index (κ1) is 11.0. The van der Waals surface area contributed by atoms with Crippen LogP contribution in [0.4, 0.5) is 4.39 Å². The molecule has 0 rings (SSSR count). The normalized spacial score (nSPS) is 18.0. The van der Waals surface area contributed by atoms with E-state index >= 15 is 0 Å². The molecule has 0 spiro atoms. The minimum absolute atomic E-state index is 0.0821. The van der Waals surface area contributed by atoms with Crippen molar-refractivity contribution in [2.75, 3.05) is 0 Å². The second-order valence-electron chi connectivity index (χ2n) is 2.65. The van der Waals surface area contributed by atoms with Crippen molar-refractivity contribution in [2.45, 2.75) is 32.8 Å². The lowest BCUT2D eigenvalue weighted by molar-refractivity contribution is 0.286. The van der Waals surface area contributed by atoms with Crippen LogP contribution in [0, 0.1) is 5.92 Å². The smallest absolute Gasteiger partial charge is 0.137 e. The predicted molar refractivity (Wildman–Crippen MR) is 51.6 cm³/mol. The van der Waals surface area contributed by atoms with Gasteiger partial charge in [-0.1, -0.05) is 37.3 Å². The van der Waals surface area contributed by atoms with Gasteiger partial charge in [-0.05, 0) is 12.8 Å². The van der Waals surface area contributed by atoms with Crippen LogP contribution in [0.25, 0.3) is 0 Å². The van der Waals surface area contributed by atoms with Crippen molar-refractivity contribution in [1.82, 2.24) is 0 Å². The highest BCUT2D eigenvalue weighted by Crippen LogP contribution is 2.24. The van der Waals surface area contributed by atoms with Crippen LogP contribution in [0.15, 0.2) is 11.1 Å². The van der Waals surface area contributed by atoms with Gasteiger partial charge in [-0.15, -0.1) is 0 Å². The lowest BCUT2D eigenvalue weighted by atomic mass is 9.86. The molecule has 0 nitrogen and oxygen atoms in total. The van der Waals surface area contributed by atoms with Gasteiger partial charge in [-0.2, -0.15) is 0 Å². The van der Waals surface area contributed by atoms with Crippen molar-refractivity contribution >= 4 is 19.4 Å². The Morgan fingerprint density at radius 3 is 2.55 bits per heavy atom. The Hall–Kier alpha value is 0.0249. The fraction of sp³-hybridized carbons (Fsp3) is 0.750. The highest BCUT2D eigenvalue weighted by molar-refractivity contribution is 6.30. The summed E-state index contributed by atoms with van der Waals surface area (Å²) in [5.41, 5.74) is 0. The molecule has 0 N–H and O–H groups in total. The van der Waals surface area contributed by atoms with Gasteiger partial charge in [-0.3, -0.25) is 0 Å². The monoisotopic (exact) mass is 176 g/mol. The minimum Gasteiger partial charge on any atom is -0.241 e. The molecule has 0 saturated carbocycles. The molecule has 2 atom stereocenters. The topological polar surface area (TPSA) is 0 Å². The molecule has 0 heterocycles. The summed E-state index contributed by atoms with van der Waals surface area (Å²) in [5, 5.41) is 0.346. The number of alkyl halides is 1. The average Bonchev–Trinajstić information content (AvgIpc) is 2.05. The summed E-state index contributed by atoms with van der Waals surface area (Å²) >= 11 is 5.65. The molecule has 0 bridgehead atoms. The van der Waals surface area contributed by atoms with Gasteiger partial charge in [0.15, 0.2) is 0 Å². The van der Waals surface area contributed by atoms with Gasteiger partial charge in [0.2, 0.25) is 0 Å². The Labute approximate surface area is 74.2 Å². The maximum Gasteiger partial charge on any atom is 0.137 e. The van der Waals surface area contributed by atoms with Crippen LogP contribution in [0.1, 0.15) is 20.3 Å². The van der Waals surface area contributed by atoms with Crippen molar-refractivity contribution in [2.24, 2.45) is 5.92 Å². The van der Waals surface area contributed by atoms with Crippen LogP contribution in [0.2, 0.25) is 6.32 Å². The first-order valence-electron chi connectivity index (χ1n) is 4.13. The Morgan fingerprint density at radius 2 is 2.27 bits per heavy atom. The highest BCUT2D eigenvalue weighted by Gasteiger charge is 2.19. The Balaban J connectivity index is 4.08. The van der Waals surface area contributed by atoms with Crippen molar-refractivity contribution in [1.29, 1.82) is 0 Å². The molecule has 0 aromatic heterocycles. The van der Waals surface area contributed by atoms with Crippen LogP contribution >= 0.6 is 11.6 Å². The zero-order valence-electron chi connectivity index (χ0n) is 7.40. The van der Waals surface area contributed by atoms with Crippen LogP contribution in [-0.4, -0.2) is 14.0 Å². The molecule has 0 aromatic rings. The highest BCUT2D eigenvalue weighted by atomic mass is 35.5. The SMILES string of the molecule is BCC(CC)C(F)/C(Cl)=C\C. The summed E-state index contributed by atoms with van der Waals surface area (Å²) in [5.74, 6) is 0.0821. The Morgan fingerprint density at radius 1 is 1.73 bits per heavy atom. The van der Waals surface area contributed by atoms with E-state index in [4.69, 9.17) is 11.6 Å². The van der Waals surface area contributed by atoms with Crippen LogP contribution in [0.3, 0.4) is 0 Å². The lowest BCUT2D eigenvalue weighted by Gasteiger charge is -2.16. The molecule has 11 heavy (non-hydrogen) atoms. The molecule has 0 aromatic carbocycles. The second kappa shape index (κ2) is 5.65. The van der Waals surface area contributed by atoms with E-state index in [1.807, 2.05) is 14.8 Å². The third-order valence-corrected chi connectivity index (χ3v) is 2.43. The van der Waals surface area contributed by atoms with E-state index in [0.29, 0.717) is 5.03 Å². The summed E-state index contributed by atoms with van der Waals surface area (Å²) < 4.78 is 13.3. The van der Waals surface area contributed by atoms with E-state index in [1.54, 1.807) is 13.0 Å². The Kier molecular flexibility index (Phi) is 5.66. The molecule has 0 aliphatic rings. The predicted octanol–water partition coefficient (Wildman–Crippen LogP) is 2.54. The zero-order chi connectivity index (χ0) is 8.85. The number of halogens is 2. The van der Waals surface area contributed by atoms with Crippen LogP contribution < -0.4 is 0 Å². The summed E-state index contributed by atoms with van der Waals surface area (Å²) in [6.07, 6.45) is 2.37. The molecule has 2 unspecified atom stereocenters. The third-order valence-electron chi connectivity index (χ3n) is 2.00. The molecule has 0 radical (unpaired) electrons. The summed E-state index contributed by atoms with van der Waals surface area (Å²) in [6.45, 7) is 3.75. The largest absolute Gasteiger partial charge is 0.241 e. The summed E-state index contributed by atoms with van der Waals surface area (Å²) in [4.78, 5) is 0. The van der Waals surface area contributed by atoms with Crippen molar-refractivity contribution in [3.8, 4) is 0 Å². The first-order valence-corrected chi connectivity index (χ1v) is 4.50. The van der Waals surface area contributed by atoms with Crippen LogP contribution in [-0.2, 0) is 0 Å². The summed E-state index contributed by atoms with van der Waals surface area (Å²) in [6, 6.07) is 0. The fourth-order valence-electron chi connectivity index (χ4n) is 1.09. The van der Waals surface area contributed by atoms with E-state index in [2.05, 4.69) is 0 Å². The molecule has 0 fully saturated rings. The van der Waals surface area contributed by atoms with E-state index in [-0.39, 0.29) is 5.92 Å². The van der Waals surface area contributed by atoms with Gasteiger partial charge in [-0.25, -0.2) is 4.39 Å². The van der Waals surface area contributed by atoms with Crippen molar-refractivity contribution in [3.05, 3.63) is 11.1 Å². The molecular weight excluding hydrogens is 161 g/mol. The van der Waals surface area contributed by atoms with Gasteiger partial charge >= 0.3 is 0 Å². The third kappa shape index (κ3) is 3.28. The van der Waals surface area contributed by atoms with Gasteiger partial charge in [0.25, 0.3) is 0 Å². The quantitative estimate of drug-likeness (QED) is 0.578. The molecule has 0 amide bonds. The fourth-order valence-corrected chi connectivity index (χ4v) is 1.27. The molecule has 64 valence electrons. The lowest BCUT2D eigenvalue weighted by Crippen LogP contribution is -2.14. The maximum atomic E-state index is 13.3. The second-order valence-corrected chi connectivity index (χ2v) is 3.09. The average molecular weight is 176 g/mol. The molecule has 0 aliphatic carbocycles. The molecular formula is C8H15BClF. The van der Waals surface area contributed by atoms with Gasteiger partial charge in [0, 0.05) is 5.03 Å². The number of hydrogen-bond acceptors (Lipinski definition) is 0. The first-order chi connectivity index (χ1) is 5.17.